The molecule has 1 fully saturated rings. The Morgan fingerprint density at radius 3 is 2.57 bits per heavy atom. The van der Waals surface area contributed by atoms with Crippen molar-refractivity contribution in [2.24, 2.45) is 5.92 Å². The molecule has 0 spiro atoms. The molecule has 1 aliphatic rings. The van der Waals surface area contributed by atoms with E-state index in [-0.39, 0.29) is 23.8 Å². The molecule has 1 unspecified atom stereocenters. The van der Waals surface area contributed by atoms with Crippen LogP contribution >= 0.6 is 0 Å². The molecule has 1 atom stereocenters. The van der Waals surface area contributed by atoms with E-state index in [0.717, 1.165) is 19.4 Å². The minimum absolute atomic E-state index is 0.119. The van der Waals surface area contributed by atoms with Crippen molar-refractivity contribution in [3.63, 3.8) is 0 Å². The zero-order valence-electron chi connectivity index (χ0n) is 8.59. The van der Waals surface area contributed by atoms with E-state index >= 15 is 0 Å². The van der Waals surface area contributed by atoms with Crippen molar-refractivity contribution in [1.29, 1.82) is 0 Å². The normalized spacial score (nSPS) is 20.9. The molecule has 80 valence electrons. The molecule has 0 aromatic heterocycles. The number of hydrazine groups is 1. The third-order valence-corrected chi connectivity index (χ3v) is 2.21. The molecule has 14 heavy (non-hydrogen) atoms. The Morgan fingerprint density at radius 2 is 2.07 bits per heavy atom. The highest BCUT2D eigenvalue weighted by Crippen LogP contribution is 2.03. The maximum absolute atomic E-state index is 11.4. The van der Waals surface area contributed by atoms with Gasteiger partial charge in [-0.2, -0.15) is 0 Å². The highest BCUT2D eigenvalue weighted by Gasteiger charge is 2.22. The summed E-state index contributed by atoms with van der Waals surface area (Å²) in [5.74, 6) is -0.445. The van der Waals surface area contributed by atoms with E-state index in [1.165, 1.54) is 0 Å². The molecular formula is C9H17N3O2. The van der Waals surface area contributed by atoms with Gasteiger partial charge in [0.25, 0.3) is 5.91 Å². The fraction of sp³-hybridized carbons (Fsp3) is 0.778. The Hall–Kier alpha value is -1.10. The summed E-state index contributed by atoms with van der Waals surface area (Å²) in [6, 6.07) is -0.150. The Kier molecular flexibility index (Phi) is 3.88. The third kappa shape index (κ3) is 2.99. The fourth-order valence-corrected chi connectivity index (χ4v) is 1.26. The number of carbonyl (C=O) groups excluding carboxylic acids is 2. The van der Waals surface area contributed by atoms with Crippen LogP contribution in [0.3, 0.4) is 0 Å². The van der Waals surface area contributed by atoms with Gasteiger partial charge in [0, 0.05) is 5.92 Å². The SMILES string of the molecule is CC(C)C(=O)NNC(=O)C1CCCN1. The van der Waals surface area contributed by atoms with Crippen LogP contribution in [-0.2, 0) is 9.59 Å². The largest absolute Gasteiger partial charge is 0.306 e. The molecule has 5 heteroatoms. The molecule has 0 saturated carbocycles. The van der Waals surface area contributed by atoms with Crippen LogP contribution in [0.5, 0.6) is 0 Å². The van der Waals surface area contributed by atoms with Crippen molar-refractivity contribution in [2.45, 2.75) is 32.7 Å². The lowest BCUT2D eigenvalue weighted by molar-refractivity contribution is -0.131. The summed E-state index contributed by atoms with van der Waals surface area (Å²) in [4.78, 5) is 22.5. The molecule has 1 aliphatic heterocycles. The van der Waals surface area contributed by atoms with Crippen LogP contribution in [-0.4, -0.2) is 24.4 Å². The second kappa shape index (κ2) is 4.95. The Balaban J connectivity index is 2.23. The first kappa shape index (κ1) is 11.0. The summed E-state index contributed by atoms with van der Waals surface area (Å²) >= 11 is 0. The van der Waals surface area contributed by atoms with Gasteiger partial charge in [-0.15, -0.1) is 0 Å². The van der Waals surface area contributed by atoms with Crippen LogP contribution in [0, 0.1) is 5.92 Å². The van der Waals surface area contributed by atoms with Crippen molar-refractivity contribution in [3.05, 3.63) is 0 Å². The van der Waals surface area contributed by atoms with Crippen molar-refractivity contribution in [3.8, 4) is 0 Å². The summed E-state index contributed by atoms with van der Waals surface area (Å²) in [5, 5.41) is 3.05. The van der Waals surface area contributed by atoms with Crippen LogP contribution in [0.15, 0.2) is 0 Å². The van der Waals surface area contributed by atoms with Gasteiger partial charge in [0.15, 0.2) is 0 Å². The summed E-state index contributed by atoms with van der Waals surface area (Å²) in [6.07, 6.45) is 1.85. The monoisotopic (exact) mass is 199 g/mol. The van der Waals surface area contributed by atoms with E-state index in [1.807, 2.05) is 0 Å². The first-order valence-electron chi connectivity index (χ1n) is 4.94. The standard InChI is InChI=1S/C9H17N3O2/c1-6(2)8(13)11-12-9(14)7-4-3-5-10-7/h6-7,10H,3-5H2,1-2H3,(H,11,13)(H,12,14). The summed E-state index contributed by atoms with van der Waals surface area (Å²) in [7, 11) is 0. The van der Waals surface area contributed by atoms with Gasteiger partial charge in [-0.3, -0.25) is 20.4 Å². The molecule has 1 rings (SSSR count). The molecule has 1 saturated heterocycles. The molecule has 0 aromatic rings. The topological polar surface area (TPSA) is 70.2 Å². The van der Waals surface area contributed by atoms with E-state index in [0.29, 0.717) is 0 Å². The Bertz CT molecular complexity index is 222. The zero-order chi connectivity index (χ0) is 10.6. The average molecular weight is 199 g/mol. The van der Waals surface area contributed by atoms with Gasteiger partial charge in [-0.05, 0) is 19.4 Å². The molecular weight excluding hydrogens is 182 g/mol. The molecule has 0 aliphatic carbocycles. The van der Waals surface area contributed by atoms with Gasteiger partial charge in [0.1, 0.15) is 0 Å². The van der Waals surface area contributed by atoms with E-state index in [2.05, 4.69) is 16.2 Å². The van der Waals surface area contributed by atoms with E-state index in [1.54, 1.807) is 13.8 Å². The minimum Gasteiger partial charge on any atom is -0.306 e. The first-order valence-corrected chi connectivity index (χ1v) is 4.94. The van der Waals surface area contributed by atoms with Crippen LogP contribution in [0.4, 0.5) is 0 Å². The van der Waals surface area contributed by atoms with Gasteiger partial charge < -0.3 is 5.32 Å². The van der Waals surface area contributed by atoms with Gasteiger partial charge in [-0.25, -0.2) is 0 Å². The second-order valence-corrected chi connectivity index (χ2v) is 3.78. The van der Waals surface area contributed by atoms with Crippen molar-refractivity contribution in [1.82, 2.24) is 16.2 Å². The molecule has 0 bridgehead atoms. The molecule has 1 heterocycles. The summed E-state index contributed by atoms with van der Waals surface area (Å²) in [6.45, 7) is 4.42. The number of carbonyl (C=O) groups is 2. The molecule has 5 nitrogen and oxygen atoms in total. The average Bonchev–Trinajstić information content (AvgIpc) is 2.66. The minimum atomic E-state index is -0.170. The smallest absolute Gasteiger partial charge is 0.255 e. The number of hydrogen-bond donors (Lipinski definition) is 3. The number of nitrogens with one attached hydrogen (secondary N) is 3. The maximum atomic E-state index is 11.4. The lowest BCUT2D eigenvalue weighted by Gasteiger charge is -2.12. The predicted octanol–water partition coefficient (Wildman–Crippen LogP) is -0.458. The lowest BCUT2D eigenvalue weighted by atomic mass is 10.2. The maximum Gasteiger partial charge on any atom is 0.255 e. The van der Waals surface area contributed by atoms with Crippen molar-refractivity contribution < 1.29 is 9.59 Å². The zero-order valence-corrected chi connectivity index (χ0v) is 8.59. The summed E-state index contributed by atoms with van der Waals surface area (Å²) in [5.41, 5.74) is 4.78. The van der Waals surface area contributed by atoms with E-state index in [9.17, 15) is 9.59 Å². The van der Waals surface area contributed by atoms with Gasteiger partial charge >= 0.3 is 0 Å². The lowest BCUT2D eigenvalue weighted by Crippen LogP contribution is -2.50. The first-order chi connectivity index (χ1) is 6.61. The number of rotatable bonds is 2. The molecule has 0 aromatic carbocycles. The van der Waals surface area contributed by atoms with Crippen LogP contribution in [0.1, 0.15) is 26.7 Å². The number of amides is 2. The van der Waals surface area contributed by atoms with E-state index < -0.39 is 0 Å². The summed E-state index contributed by atoms with van der Waals surface area (Å²) < 4.78 is 0. The number of hydrogen-bond acceptors (Lipinski definition) is 3. The van der Waals surface area contributed by atoms with Crippen LogP contribution in [0.2, 0.25) is 0 Å². The Morgan fingerprint density at radius 1 is 1.36 bits per heavy atom. The van der Waals surface area contributed by atoms with Gasteiger partial charge in [0.2, 0.25) is 5.91 Å². The van der Waals surface area contributed by atoms with Gasteiger partial charge in [-0.1, -0.05) is 13.8 Å². The fourth-order valence-electron chi connectivity index (χ4n) is 1.26. The van der Waals surface area contributed by atoms with Crippen LogP contribution < -0.4 is 16.2 Å². The van der Waals surface area contributed by atoms with Gasteiger partial charge in [0.05, 0.1) is 6.04 Å². The molecule has 2 amide bonds. The van der Waals surface area contributed by atoms with E-state index in [4.69, 9.17) is 0 Å². The quantitative estimate of drug-likeness (QED) is 0.527. The van der Waals surface area contributed by atoms with Crippen LogP contribution in [0.25, 0.3) is 0 Å². The second-order valence-electron chi connectivity index (χ2n) is 3.78. The predicted molar refractivity (Wildman–Crippen MR) is 52.1 cm³/mol. The highest BCUT2D eigenvalue weighted by atomic mass is 16.2. The Labute approximate surface area is 83.6 Å². The molecule has 0 radical (unpaired) electrons. The highest BCUT2D eigenvalue weighted by molar-refractivity contribution is 5.85. The van der Waals surface area contributed by atoms with Crippen molar-refractivity contribution in [2.75, 3.05) is 6.54 Å². The third-order valence-electron chi connectivity index (χ3n) is 2.21. The molecule has 3 N–H and O–H groups in total. The van der Waals surface area contributed by atoms with Crippen molar-refractivity contribution >= 4 is 11.8 Å².